The molecule has 1 unspecified atom stereocenters. The summed E-state index contributed by atoms with van der Waals surface area (Å²) in [5.74, 6) is 0. The molecule has 1 rings (SSSR count). The van der Waals surface area contributed by atoms with Gasteiger partial charge in [0.25, 0.3) is 0 Å². The summed E-state index contributed by atoms with van der Waals surface area (Å²) >= 11 is 0. The van der Waals surface area contributed by atoms with Gasteiger partial charge in [-0.3, -0.25) is 4.98 Å². The Labute approximate surface area is 121 Å². The molecule has 0 radical (unpaired) electrons. The molecule has 5 nitrogen and oxygen atoms in total. The van der Waals surface area contributed by atoms with Crippen LogP contribution < -0.4 is 10.6 Å². The molecule has 2 N–H and O–H groups in total. The molecule has 5 heteroatoms. The molecule has 112 valence electrons. The molecular formula is C15H25N3O2. The first-order valence-electron chi connectivity index (χ1n) is 6.96. The van der Waals surface area contributed by atoms with Crippen LogP contribution in [-0.4, -0.2) is 35.8 Å². The maximum absolute atomic E-state index is 11.5. The van der Waals surface area contributed by atoms with Gasteiger partial charge in [-0.15, -0.1) is 0 Å². The molecule has 0 saturated carbocycles. The third-order valence-electron chi connectivity index (χ3n) is 2.61. The van der Waals surface area contributed by atoms with E-state index in [0.29, 0.717) is 6.54 Å². The number of alkyl carbamates (subject to hydrolysis) is 1. The van der Waals surface area contributed by atoms with Gasteiger partial charge >= 0.3 is 6.09 Å². The summed E-state index contributed by atoms with van der Waals surface area (Å²) in [5, 5.41) is 6.11. The molecule has 0 aliphatic rings. The standard InChI is InChI=1S/C15H25N3O2/c1-12(11-18-14(19)20-15(2,3)4)17-10-7-13-5-8-16-9-6-13/h5-6,8-9,12,17H,7,10-11H2,1-4H3,(H,18,19). The minimum atomic E-state index is -0.456. The quantitative estimate of drug-likeness (QED) is 0.837. The Hall–Kier alpha value is -1.62. The highest BCUT2D eigenvalue weighted by atomic mass is 16.6. The predicted octanol–water partition coefficient (Wildman–Crippen LogP) is 2.13. The van der Waals surface area contributed by atoms with E-state index in [4.69, 9.17) is 4.74 Å². The highest BCUT2D eigenvalue weighted by Crippen LogP contribution is 2.06. The molecule has 1 aromatic rings. The molecular weight excluding hydrogens is 254 g/mol. The van der Waals surface area contributed by atoms with Crippen molar-refractivity contribution in [2.24, 2.45) is 0 Å². The number of rotatable bonds is 6. The number of carbonyl (C=O) groups excluding carboxylic acids is 1. The van der Waals surface area contributed by atoms with Crippen LogP contribution in [0, 0.1) is 0 Å². The molecule has 1 atom stereocenters. The SMILES string of the molecule is CC(CNC(=O)OC(C)(C)C)NCCc1ccncc1. The van der Waals surface area contributed by atoms with Crippen LogP contribution in [0.2, 0.25) is 0 Å². The number of aromatic nitrogens is 1. The summed E-state index contributed by atoms with van der Waals surface area (Å²) in [5.41, 5.74) is 0.794. The number of amides is 1. The van der Waals surface area contributed by atoms with E-state index >= 15 is 0 Å². The van der Waals surface area contributed by atoms with Crippen LogP contribution in [0.3, 0.4) is 0 Å². The molecule has 0 spiro atoms. The fraction of sp³-hybridized carbons (Fsp3) is 0.600. The first kappa shape index (κ1) is 16.4. The topological polar surface area (TPSA) is 63.2 Å². The fourth-order valence-electron chi connectivity index (χ4n) is 1.64. The first-order valence-corrected chi connectivity index (χ1v) is 6.96. The van der Waals surface area contributed by atoms with Crippen molar-refractivity contribution in [3.63, 3.8) is 0 Å². The smallest absolute Gasteiger partial charge is 0.407 e. The van der Waals surface area contributed by atoms with Gasteiger partial charge in [0.15, 0.2) is 0 Å². The Morgan fingerprint density at radius 3 is 2.60 bits per heavy atom. The average Bonchev–Trinajstić information content (AvgIpc) is 2.36. The van der Waals surface area contributed by atoms with Crippen LogP contribution in [0.4, 0.5) is 4.79 Å². The second-order valence-electron chi connectivity index (χ2n) is 5.84. The van der Waals surface area contributed by atoms with E-state index in [1.54, 1.807) is 12.4 Å². The van der Waals surface area contributed by atoms with Crippen LogP contribution in [0.25, 0.3) is 0 Å². The maximum atomic E-state index is 11.5. The highest BCUT2D eigenvalue weighted by Gasteiger charge is 2.16. The van der Waals surface area contributed by atoms with Crippen molar-refractivity contribution in [1.82, 2.24) is 15.6 Å². The number of nitrogens with zero attached hydrogens (tertiary/aromatic N) is 1. The van der Waals surface area contributed by atoms with Crippen LogP contribution in [0.15, 0.2) is 24.5 Å². The van der Waals surface area contributed by atoms with Gasteiger partial charge in [0, 0.05) is 25.0 Å². The summed E-state index contributed by atoms with van der Waals surface area (Å²) in [6, 6.07) is 4.21. The van der Waals surface area contributed by atoms with Gasteiger partial charge in [-0.2, -0.15) is 0 Å². The molecule has 0 saturated heterocycles. The summed E-state index contributed by atoms with van der Waals surface area (Å²) < 4.78 is 5.18. The van der Waals surface area contributed by atoms with Gasteiger partial charge in [0.2, 0.25) is 0 Å². The molecule has 0 aliphatic heterocycles. The van der Waals surface area contributed by atoms with Gasteiger partial charge < -0.3 is 15.4 Å². The van der Waals surface area contributed by atoms with Crippen LogP contribution in [-0.2, 0) is 11.2 Å². The van der Waals surface area contributed by atoms with Crippen molar-refractivity contribution in [1.29, 1.82) is 0 Å². The molecule has 0 aromatic carbocycles. The number of hydrogen-bond acceptors (Lipinski definition) is 4. The normalized spacial score (nSPS) is 12.8. The average molecular weight is 279 g/mol. The largest absolute Gasteiger partial charge is 0.444 e. The van der Waals surface area contributed by atoms with Crippen molar-refractivity contribution in [3.05, 3.63) is 30.1 Å². The van der Waals surface area contributed by atoms with E-state index in [9.17, 15) is 4.79 Å². The van der Waals surface area contributed by atoms with Crippen LogP contribution in [0.5, 0.6) is 0 Å². The number of carbonyl (C=O) groups is 1. The maximum Gasteiger partial charge on any atom is 0.407 e. The lowest BCUT2D eigenvalue weighted by Crippen LogP contribution is -2.41. The number of hydrogen-bond donors (Lipinski definition) is 2. The van der Waals surface area contributed by atoms with E-state index < -0.39 is 5.60 Å². The van der Waals surface area contributed by atoms with Crippen molar-refractivity contribution >= 4 is 6.09 Å². The Bertz CT molecular complexity index is 401. The Morgan fingerprint density at radius 1 is 1.35 bits per heavy atom. The number of pyridine rings is 1. The number of ether oxygens (including phenoxy) is 1. The van der Waals surface area contributed by atoms with Gasteiger partial charge in [0.1, 0.15) is 5.60 Å². The summed E-state index contributed by atoms with van der Waals surface area (Å²) in [4.78, 5) is 15.5. The Kier molecular flexibility index (Phi) is 6.45. The molecule has 20 heavy (non-hydrogen) atoms. The lowest BCUT2D eigenvalue weighted by Gasteiger charge is -2.21. The molecule has 1 amide bonds. The molecule has 0 bridgehead atoms. The van der Waals surface area contributed by atoms with Gasteiger partial charge in [-0.05, 0) is 58.4 Å². The van der Waals surface area contributed by atoms with Crippen molar-refractivity contribution in [2.45, 2.75) is 45.8 Å². The minimum absolute atomic E-state index is 0.198. The zero-order chi connectivity index (χ0) is 15.0. The van der Waals surface area contributed by atoms with Gasteiger partial charge in [0.05, 0.1) is 0 Å². The van der Waals surface area contributed by atoms with Gasteiger partial charge in [-0.25, -0.2) is 4.79 Å². The van der Waals surface area contributed by atoms with Crippen molar-refractivity contribution < 1.29 is 9.53 Å². The lowest BCUT2D eigenvalue weighted by atomic mass is 10.2. The van der Waals surface area contributed by atoms with Crippen molar-refractivity contribution in [2.75, 3.05) is 13.1 Å². The summed E-state index contributed by atoms with van der Waals surface area (Å²) in [6.07, 6.45) is 4.16. The monoisotopic (exact) mass is 279 g/mol. The van der Waals surface area contributed by atoms with E-state index in [0.717, 1.165) is 13.0 Å². The predicted molar refractivity (Wildman–Crippen MR) is 79.6 cm³/mol. The third kappa shape index (κ3) is 7.74. The molecule has 0 aliphatic carbocycles. The first-order chi connectivity index (χ1) is 9.37. The summed E-state index contributed by atoms with van der Waals surface area (Å²) in [7, 11) is 0. The van der Waals surface area contributed by atoms with Crippen LogP contribution >= 0.6 is 0 Å². The Balaban J connectivity index is 2.14. The van der Waals surface area contributed by atoms with E-state index in [2.05, 4.69) is 15.6 Å². The zero-order valence-corrected chi connectivity index (χ0v) is 12.8. The lowest BCUT2D eigenvalue weighted by molar-refractivity contribution is 0.0523. The Morgan fingerprint density at radius 2 is 2.00 bits per heavy atom. The summed E-state index contributed by atoms with van der Waals surface area (Å²) in [6.45, 7) is 8.99. The second-order valence-corrected chi connectivity index (χ2v) is 5.84. The second kappa shape index (κ2) is 7.85. The van der Waals surface area contributed by atoms with E-state index in [1.165, 1.54) is 5.56 Å². The molecule has 1 aromatic heterocycles. The van der Waals surface area contributed by atoms with E-state index in [-0.39, 0.29) is 12.1 Å². The van der Waals surface area contributed by atoms with Gasteiger partial charge in [-0.1, -0.05) is 0 Å². The van der Waals surface area contributed by atoms with Crippen LogP contribution in [0.1, 0.15) is 33.3 Å². The minimum Gasteiger partial charge on any atom is -0.444 e. The highest BCUT2D eigenvalue weighted by molar-refractivity contribution is 5.67. The zero-order valence-electron chi connectivity index (χ0n) is 12.8. The van der Waals surface area contributed by atoms with E-state index in [1.807, 2.05) is 39.8 Å². The fourth-order valence-corrected chi connectivity index (χ4v) is 1.64. The molecule has 0 fully saturated rings. The third-order valence-corrected chi connectivity index (χ3v) is 2.61. The number of nitrogens with one attached hydrogen (secondary N) is 2. The van der Waals surface area contributed by atoms with Crippen molar-refractivity contribution in [3.8, 4) is 0 Å². The molecule has 1 heterocycles.